The zero-order valence-corrected chi connectivity index (χ0v) is 10.0. The van der Waals surface area contributed by atoms with Crippen molar-refractivity contribution in [3.63, 3.8) is 0 Å². The third kappa shape index (κ3) is 3.98. The van der Waals surface area contributed by atoms with Gasteiger partial charge in [-0.3, -0.25) is 4.79 Å². The van der Waals surface area contributed by atoms with E-state index in [1.54, 1.807) is 6.33 Å². The molecule has 0 spiro atoms. The summed E-state index contributed by atoms with van der Waals surface area (Å²) in [6, 6.07) is 0. The Morgan fingerprint density at radius 1 is 1.62 bits per heavy atom. The van der Waals surface area contributed by atoms with E-state index in [0.29, 0.717) is 13.0 Å². The number of nitrogens with one attached hydrogen (secondary N) is 1. The zero-order chi connectivity index (χ0) is 12.2. The van der Waals surface area contributed by atoms with Crippen molar-refractivity contribution in [1.29, 1.82) is 0 Å². The van der Waals surface area contributed by atoms with Gasteiger partial charge in [-0.2, -0.15) is 0 Å². The summed E-state index contributed by atoms with van der Waals surface area (Å²) in [6.45, 7) is 6.82. The Kier molecular flexibility index (Phi) is 4.00. The predicted molar refractivity (Wildman–Crippen MR) is 60.4 cm³/mol. The first-order chi connectivity index (χ1) is 7.42. The SMILES string of the molecule is CCn1cnnc1CNC(=O)CC(C)(C)N. The van der Waals surface area contributed by atoms with Crippen molar-refractivity contribution in [2.75, 3.05) is 0 Å². The Labute approximate surface area is 95.2 Å². The molecule has 0 saturated heterocycles. The zero-order valence-electron chi connectivity index (χ0n) is 10.0. The lowest BCUT2D eigenvalue weighted by Crippen LogP contribution is -2.39. The van der Waals surface area contributed by atoms with E-state index in [1.807, 2.05) is 25.3 Å². The molecule has 3 N–H and O–H groups in total. The molecule has 0 aliphatic rings. The molecule has 0 saturated carbocycles. The summed E-state index contributed by atoms with van der Waals surface area (Å²) in [7, 11) is 0. The molecule has 1 rings (SSSR count). The summed E-state index contributed by atoms with van der Waals surface area (Å²) in [6.07, 6.45) is 1.95. The molecule has 0 aliphatic carbocycles. The van der Waals surface area contributed by atoms with Crippen molar-refractivity contribution < 1.29 is 4.79 Å². The Morgan fingerprint density at radius 3 is 2.88 bits per heavy atom. The van der Waals surface area contributed by atoms with Crippen molar-refractivity contribution in [3.05, 3.63) is 12.2 Å². The molecule has 0 aliphatic heterocycles. The topological polar surface area (TPSA) is 85.8 Å². The van der Waals surface area contributed by atoms with Gasteiger partial charge in [0.25, 0.3) is 0 Å². The van der Waals surface area contributed by atoms with Crippen molar-refractivity contribution in [1.82, 2.24) is 20.1 Å². The first-order valence-electron chi connectivity index (χ1n) is 5.34. The molecule has 0 radical (unpaired) electrons. The Balaban J connectivity index is 2.43. The number of aryl methyl sites for hydroxylation is 1. The molecule has 0 fully saturated rings. The maximum absolute atomic E-state index is 11.5. The van der Waals surface area contributed by atoms with E-state index in [1.165, 1.54) is 0 Å². The van der Waals surface area contributed by atoms with Crippen molar-refractivity contribution in [2.45, 2.75) is 45.8 Å². The van der Waals surface area contributed by atoms with E-state index >= 15 is 0 Å². The highest BCUT2D eigenvalue weighted by Gasteiger charge is 2.16. The van der Waals surface area contributed by atoms with Crippen LogP contribution in [-0.2, 0) is 17.9 Å². The minimum absolute atomic E-state index is 0.0712. The third-order valence-corrected chi connectivity index (χ3v) is 2.10. The summed E-state index contributed by atoms with van der Waals surface area (Å²) in [5.74, 6) is 0.684. The van der Waals surface area contributed by atoms with E-state index < -0.39 is 5.54 Å². The molecule has 1 heterocycles. The van der Waals surface area contributed by atoms with E-state index in [4.69, 9.17) is 5.73 Å². The van der Waals surface area contributed by atoms with Gasteiger partial charge in [0.15, 0.2) is 5.82 Å². The second kappa shape index (κ2) is 5.07. The van der Waals surface area contributed by atoms with Gasteiger partial charge in [-0.05, 0) is 20.8 Å². The average molecular weight is 225 g/mol. The van der Waals surface area contributed by atoms with E-state index in [-0.39, 0.29) is 5.91 Å². The van der Waals surface area contributed by atoms with Crippen molar-refractivity contribution in [3.8, 4) is 0 Å². The number of nitrogens with zero attached hydrogens (tertiary/aromatic N) is 3. The fourth-order valence-electron chi connectivity index (χ4n) is 1.33. The van der Waals surface area contributed by atoms with Gasteiger partial charge in [-0.15, -0.1) is 10.2 Å². The Hall–Kier alpha value is -1.43. The third-order valence-electron chi connectivity index (χ3n) is 2.10. The fraction of sp³-hybridized carbons (Fsp3) is 0.700. The Morgan fingerprint density at radius 2 is 2.31 bits per heavy atom. The van der Waals surface area contributed by atoms with Gasteiger partial charge in [0.2, 0.25) is 5.91 Å². The molecule has 0 atom stereocenters. The second-order valence-electron chi connectivity index (χ2n) is 4.48. The van der Waals surface area contributed by atoms with Crippen LogP contribution in [0.5, 0.6) is 0 Å². The minimum Gasteiger partial charge on any atom is -0.349 e. The maximum atomic E-state index is 11.5. The number of amides is 1. The number of aromatic nitrogens is 3. The maximum Gasteiger partial charge on any atom is 0.222 e. The number of rotatable bonds is 5. The first-order valence-corrected chi connectivity index (χ1v) is 5.34. The summed E-state index contributed by atoms with van der Waals surface area (Å²) in [4.78, 5) is 11.5. The largest absolute Gasteiger partial charge is 0.349 e. The number of carbonyl (C=O) groups excluding carboxylic acids is 1. The lowest BCUT2D eigenvalue weighted by molar-refractivity contribution is -0.122. The lowest BCUT2D eigenvalue weighted by atomic mass is 10.0. The van der Waals surface area contributed by atoms with Crippen LogP contribution < -0.4 is 11.1 Å². The van der Waals surface area contributed by atoms with Crippen LogP contribution in [0.2, 0.25) is 0 Å². The molecule has 1 aromatic rings. The summed E-state index contributed by atoms with van der Waals surface area (Å²) >= 11 is 0. The van der Waals surface area contributed by atoms with Gasteiger partial charge >= 0.3 is 0 Å². The summed E-state index contributed by atoms with van der Waals surface area (Å²) in [5.41, 5.74) is 5.26. The highest BCUT2D eigenvalue weighted by atomic mass is 16.1. The van der Waals surface area contributed by atoms with E-state index in [0.717, 1.165) is 12.4 Å². The second-order valence-corrected chi connectivity index (χ2v) is 4.48. The molecule has 0 unspecified atom stereocenters. The molecule has 6 heteroatoms. The average Bonchev–Trinajstić information content (AvgIpc) is 2.59. The van der Waals surface area contributed by atoms with Gasteiger partial charge in [0.05, 0.1) is 6.54 Å². The summed E-state index contributed by atoms with van der Waals surface area (Å²) < 4.78 is 1.88. The predicted octanol–water partition coefficient (Wildman–Crippen LogP) is 0.0416. The van der Waals surface area contributed by atoms with Crippen LogP contribution in [0, 0.1) is 0 Å². The molecule has 16 heavy (non-hydrogen) atoms. The van der Waals surface area contributed by atoms with Crippen molar-refractivity contribution in [2.24, 2.45) is 5.73 Å². The normalized spacial score (nSPS) is 11.5. The standard InChI is InChI=1S/C10H19N5O/c1-4-15-7-13-14-8(15)6-12-9(16)5-10(2,3)11/h7H,4-6,11H2,1-3H3,(H,12,16). The smallest absolute Gasteiger partial charge is 0.222 e. The Bertz CT molecular complexity index is 352. The molecule has 0 bridgehead atoms. The molecule has 1 amide bonds. The van der Waals surface area contributed by atoms with Crippen LogP contribution >= 0.6 is 0 Å². The highest BCUT2D eigenvalue weighted by molar-refractivity contribution is 5.76. The van der Waals surface area contributed by atoms with Gasteiger partial charge in [0, 0.05) is 18.5 Å². The van der Waals surface area contributed by atoms with Crippen LogP contribution in [0.25, 0.3) is 0 Å². The van der Waals surface area contributed by atoms with Gasteiger partial charge in [-0.1, -0.05) is 0 Å². The fourth-order valence-corrected chi connectivity index (χ4v) is 1.33. The van der Waals surface area contributed by atoms with Crippen LogP contribution in [-0.4, -0.2) is 26.2 Å². The van der Waals surface area contributed by atoms with E-state index in [2.05, 4.69) is 15.5 Å². The molecular formula is C10H19N5O. The van der Waals surface area contributed by atoms with Crippen LogP contribution in [0.3, 0.4) is 0 Å². The highest BCUT2D eigenvalue weighted by Crippen LogP contribution is 2.03. The van der Waals surface area contributed by atoms with Crippen LogP contribution in [0.15, 0.2) is 6.33 Å². The lowest BCUT2D eigenvalue weighted by Gasteiger charge is -2.17. The van der Waals surface area contributed by atoms with Crippen molar-refractivity contribution >= 4 is 5.91 Å². The molecule has 0 aromatic carbocycles. The van der Waals surface area contributed by atoms with Gasteiger partial charge < -0.3 is 15.6 Å². The number of nitrogens with two attached hydrogens (primary N) is 1. The minimum atomic E-state index is -0.484. The molecular weight excluding hydrogens is 206 g/mol. The number of carbonyl (C=O) groups is 1. The molecule has 1 aromatic heterocycles. The molecule has 6 nitrogen and oxygen atoms in total. The van der Waals surface area contributed by atoms with E-state index in [9.17, 15) is 4.79 Å². The van der Waals surface area contributed by atoms with Gasteiger partial charge in [-0.25, -0.2) is 0 Å². The number of hydrogen-bond donors (Lipinski definition) is 2. The monoisotopic (exact) mass is 225 g/mol. The molecule has 90 valence electrons. The van der Waals surface area contributed by atoms with Gasteiger partial charge in [0.1, 0.15) is 6.33 Å². The first kappa shape index (κ1) is 12.6. The quantitative estimate of drug-likeness (QED) is 0.741. The summed E-state index contributed by atoms with van der Waals surface area (Å²) in [5, 5.41) is 10.5. The van der Waals surface area contributed by atoms with Crippen LogP contribution in [0.4, 0.5) is 0 Å². The number of hydrogen-bond acceptors (Lipinski definition) is 4. The van der Waals surface area contributed by atoms with Crippen LogP contribution in [0.1, 0.15) is 33.0 Å².